The number of benzene rings is 1. The Kier molecular flexibility index (Phi) is 3.92. The number of nitrogens with one attached hydrogen (secondary N) is 1. The first-order valence-corrected chi connectivity index (χ1v) is 4.68. The average molecular weight is 189 g/mol. The van der Waals surface area contributed by atoms with Gasteiger partial charge in [-0.15, -0.1) is 0 Å². The fourth-order valence-corrected chi connectivity index (χ4v) is 1.09. The predicted molar refractivity (Wildman–Crippen MR) is 59.4 cm³/mol. The van der Waals surface area contributed by atoms with Gasteiger partial charge in [0.25, 0.3) is 0 Å². The fourth-order valence-electron chi connectivity index (χ4n) is 1.09. The normalized spacial score (nSPS) is 9.50. The Morgan fingerprint density at radius 1 is 1.36 bits per heavy atom. The maximum atomic E-state index is 11.2. The molecule has 2 nitrogen and oxygen atoms in total. The van der Waals surface area contributed by atoms with Crippen LogP contribution in [0, 0.1) is 0 Å². The molecular formula is C12H15NO. The van der Waals surface area contributed by atoms with Crippen molar-refractivity contribution in [3.05, 3.63) is 42.5 Å². The third-order valence-electron chi connectivity index (χ3n) is 1.93. The molecule has 1 aromatic carbocycles. The van der Waals surface area contributed by atoms with E-state index in [1.165, 1.54) is 0 Å². The zero-order chi connectivity index (χ0) is 10.4. The van der Waals surface area contributed by atoms with Gasteiger partial charge in [-0.05, 0) is 24.6 Å². The Hall–Kier alpha value is -1.57. The molecule has 14 heavy (non-hydrogen) atoms. The Morgan fingerprint density at radius 3 is 2.57 bits per heavy atom. The van der Waals surface area contributed by atoms with Crippen LogP contribution < -0.4 is 5.32 Å². The first-order chi connectivity index (χ1) is 6.70. The van der Waals surface area contributed by atoms with E-state index in [9.17, 15) is 4.79 Å². The van der Waals surface area contributed by atoms with Gasteiger partial charge in [-0.3, -0.25) is 4.79 Å². The third kappa shape index (κ3) is 3.44. The lowest BCUT2D eigenvalue weighted by Gasteiger charge is -2.04. The van der Waals surface area contributed by atoms with Gasteiger partial charge in [0, 0.05) is 18.7 Å². The van der Waals surface area contributed by atoms with E-state index in [-0.39, 0.29) is 5.78 Å². The number of para-hydroxylation sites is 1. The van der Waals surface area contributed by atoms with Gasteiger partial charge in [-0.1, -0.05) is 24.8 Å². The van der Waals surface area contributed by atoms with Crippen LogP contribution in [0.2, 0.25) is 0 Å². The summed E-state index contributed by atoms with van der Waals surface area (Å²) in [7, 11) is 0. The highest BCUT2D eigenvalue weighted by molar-refractivity contribution is 5.94. The number of rotatable bonds is 5. The molecule has 2 heteroatoms. The minimum Gasteiger partial charge on any atom is -0.385 e. The van der Waals surface area contributed by atoms with Gasteiger partial charge < -0.3 is 5.32 Å². The van der Waals surface area contributed by atoms with Crippen molar-refractivity contribution in [1.82, 2.24) is 0 Å². The van der Waals surface area contributed by atoms with Gasteiger partial charge >= 0.3 is 0 Å². The third-order valence-corrected chi connectivity index (χ3v) is 1.93. The lowest BCUT2D eigenvalue weighted by atomic mass is 10.1. The summed E-state index contributed by atoms with van der Waals surface area (Å²) >= 11 is 0. The second-order valence-corrected chi connectivity index (χ2v) is 3.25. The van der Waals surface area contributed by atoms with Crippen LogP contribution in [0.15, 0.2) is 42.5 Å². The number of Topliss-reactive ketones (excluding diaryl/α,β-unsaturated/α-hetero) is 1. The first-order valence-electron chi connectivity index (χ1n) is 4.68. The van der Waals surface area contributed by atoms with Gasteiger partial charge in [-0.2, -0.15) is 0 Å². The average Bonchev–Trinajstić information content (AvgIpc) is 2.19. The van der Waals surface area contributed by atoms with Gasteiger partial charge in [0.15, 0.2) is 5.78 Å². The summed E-state index contributed by atoms with van der Waals surface area (Å²) in [5.74, 6) is 0.119. The largest absolute Gasteiger partial charge is 0.385 e. The summed E-state index contributed by atoms with van der Waals surface area (Å²) in [6.07, 6.45) is 0.504. The van der Waals surface area contributed by atoms with Crippen molar-refractivity contribution in [2.45, 2.75) is 13.3 Å². The predicted octanol–water partition coefficient (Wildman–Crippen LogP) is 2.63. The maximum absolute atomic E-state index is 11.2. The van der Waals surface area contributed by atoms with Crippen molar-refractivity contribution in [2.24, 2.45) is 0 Å². The van der Waals surface area contributed by atoms with E-state index in [0.29, 0.717) is 18.5 Å². The number of allylic oxidation sites excluding steroid dienone is 1. The molecule has 0 radical (unpaired) electrons. The quantitative estimate of drug-likeness (QED) is 0.721. The molecule has 0 aliphatic rings. The number of carbonyl (C=O) groups is 1. The van der Waals surface area contributed by atoms with Gasteiger partial charge in [0.2, 0.25) is 0 Å². The molecule has 0 spiro atoms. The highest BCUT2D eigenvalue weighted by Crippen LogP contribution is 2.05. The number of carbonyl (C=O) groups excluding carboxylic acids is 1. The lowest BCUT2D eigenvalue weighted by Crippen LogP contribution is -2.08. The molecule has 0 aliphatic heterocycles. The van der Waals surface area contributed by atoms with E-state index >= 15 is 0 Å². The molecule has 0 atom stereocenters. The standard InChI is InChI=1S/C12H15NO/c1-10(2)12(14)8-9-13-11-6-4-3-5-7-11/h3-7,13H,1,8-9H2,2H3. The van der Waals surface area contributed by atoms with Gasteiger partial charge in [-0.25, -0.2) is 0 Å². The van der Waals surface area contributed by atoms with E-state index < -0.39 is 0 Å². The molecule has 0 fully saturated rings. The highest BCUT2D eigenvalue weighted by atomic mass is 16.1. The number of ketones is 1. The fraction of sp³-hybridized carbons (Fsp3) is 0.250. The summed E-state index contributed by atoms with van der Waals surface area (Å²) in [6.45, 7) is 6.01. The molecule has 0 heterocycles. The Morgan fingerprint density at radius 2 is 2.00 bits per heavy atom. The van der Waals surface area contributed by atoms with Crippen molar-refractivity contribution in [3.8, 4) is 0 Å². The minimum atomic E-state index is 0.119. The van der Waals surface area contributed by atoms with Gasteiger partial charge in [0.05, 0.1) is 0 Å². The Balaban J connectivity index is 2.29. The van der Waals surface area contributed by atoms with Crippen molar-refractivity contribution in [2.75, 3.05) is 11.9 Å². The molecule has 0 saturated carbocycles. The molecule has 1 N–H and O–H groups in total. The van der Waals surface area contributed by atoms with Crippen LogP contribution in [0.25, 0.3) is 0 Å². The van der Waals surface area contributed by atoms with Crippen molar-refractivity contribution in [1.29, 1.82) is 0 Å². The molecule has 0 amide bonds. The second-order valence-electron chi connectivity index (χ2n) is 3.25. The van der Waals surface area contributed by atoms with Crippen molar-refractivity contribution < 1.29 is 4.79 Å². The van der Waals surface area contributed by atoms with E-state index in [2.05, 4.69) is 11.9 Å². The molecule has 1 rings (SSSR count). The molecular weight excluding hydrogens is 174 g/mol. The van der Waals surface area contributed by atoms with E-state index in [1.54, 1.807) is 6.92 Å². The van der Waals surface area contributed by atoms with Crippen LogP contribution >= 0.6 is 0 Å². The summed E-state index contributed by atoms with van der Waals surface area (Å²) < 4.78 is 0. The Bertz CT molecular complexity index is 316. The van der Waals surface area contributed by atoms with E-state index in [1.807, 2.05) is 30.3 Å². The number of hydrogen-bond acceptors (Lipinski definition) is 2. The molecule has 0 aliphatic carbocycles. The molecule has 0 bridgehead atoms. The summed E-state index contributed by atoms with van der Waals surface area (Å²) in [5, 5.41) is 3.17. The number of anilines is 1. The Labute approximate surface area is 84.6 Å². The van der Waals surface area contributed by atoms with Gasteiger partial charge in [0.1, 0.15) is 0 Å². The zero-order valence-electron chi connectivity index (χ0n) is 8.42. The highest BCUT2D eigenvalue weighted by Gasteiger charge is 2.00. The molecule has 1 aromatic rings. The minimum absolute atomic E-state index is 0.119. The van der Waals surface area contributed by atoms with Crippen LogP contribution in [-0.2, 0) is 4.79 Å². The van der Waals surface area contributed by atoms with Crippen LogP contribution in [0.4, 0.5) is 5.69 Å². The molecule has 0 unspecified atom stereocenters. The SMILES string of the molecule is C=C(C)C(=O)CCNc1ccccc1. The molecule has 0 aromatic heterocycles. The van der Waals surface area contributed by atoms with E-state index in [4.69, 9.17) is 0 Å². The van der Waals surface area contributed by atoms with Crippen molar-refractivity contribution in [3.63, 3.8) is 0 Å². The summed E-state index contributed by atoms with van der Waals surface area (Å²) in [5.41, 5.74) is 1.67. The summed E-state index contributed by atoms with van der Waals surface area (Å²) in [4.78, 5) is 11.2. The van der Waals surface area contributed by atoms with Crippen LogP contribution in [-0.4, -0.2) is 12.3 Å². The summed E-state index contributed by atoms with van der Waals surface area (Å²) in [6, 6.07) is 9.84. The van der Waals surface area contributed by atoms with E-state index in [0.717, 1.165) is 5.69 Å². The van der Waals surface area contributed by atoms with Crippen LogP contribution in [0.5, 0.6) is 0 Å². The van der Waals surface area contributed by atoms with Crippen LogP contribution in [0.1, 0.15) is 13.3 Å². The number of hydrogen-bond donors (Lipinski definition) is 1. The monoisotopic (exact) mass is 189 g/mol. The smallest absolute Gasteiger partial charge is 0.159 e. The lowest BCUT2D eigenvalue weighted by molar-refractivity contribution is -0.115. The molecule has 74 valence electrons. The molecule has 0 saturated heterocycles. The van der Waals surface area contributed by atoms with Crippen LogP contribution in [0.3, 0.4) is 0 Å². The first kappa shape index (κ1) is 10.5. The zero-order valence-corrected chi connectivity index (χ0v) is 8.42. The maximum Gasteiger partial charge on any atom is 0.159 e. The second kappa shape index (κ2) is 5.22. The van der Waals surface area contributed by atoms with Crippen molar-refractivity contribution >= 4 is 11.5 Å². The topological polar surface area (TPSA) is 29.1 Å².